The molecule has 1 aromatic heterocycles. The van der Waals surface area contributed by atoms with E-state index in [-0.39, 0.29) is 30.6 Å². The summed E-state index contributed by atoms with van der Waals surface area (Å²) in [5.41, 5.74) is 2.91. The van der Waals surface area contributed by atoms with Gasteiger partial charge < -0.3 is 5.32 Å². The van der Waals surface area contributed by atoms with Gasteiger partial charge in [0.15, 0.2) is 11.6 Å². The molecule has 3 rings (SSSR count). The van der Waals surface area contributed by atoms with Crippen LogP contribution in [0.15, 0.2) is 12.5 Å². The zero-order valence-electron chi connectivity index (χ0n) is 16.8. The molecule has 2 fully saturated rings. The Morgan fingerprint density at radius 3 is 2.83 bits per heavy atom. The second kappa shape index (κ2) is 9.90. The van der Waals surface area contributed by atoms with E-state index in [1.54, 1.807) is 0 Å². The number of amides is 3. The molecule has 11 heteroatoms. The van der Waals surface area contributed by atoms with Gasteiger partial charge >= 0.3 is 0 Å². The minimum atomic E-state index is -0.867. The van der Waals surface area contributed by atoms with E-state index < -0.39 is 23.7 Å². The highest BCUT2D eigenvalue weighted by Gasteiger charge is 2.42. The zero-order valence-corrected chi connectivity index (χ0v) is 16.8. The van der Waals surface area contributed by atoms with Crippen LogP contribution in [0.5, 0.6) is 0 Å². The van der Waals surface area contributed by atoms with E-state index in [2.05, 4.69) is 20.7 Å². The maximum atomic E-state index is 13.8. The van der Waals surface area contributed by atoms with Crippen molar-refractivity contribution in [3.05, 3.63) is 18.3 Å². The van der Waals surface area contributed by atoms with Gasteiger partial charge in [-0.3, -0.25) is 24.6 Å². The van der Waals surface area contributed by atoms with E-state index >= 15 is 0 Å². The van der Waals surface area contributed by atoms with Gasteiger partial charge in [0.25, 0.3) is 0 Å². The van der Waals surface area contributed by atoms with Crippen molar-refractivity contribution in [2.75, 3.05) is 18.4 Å². The van der Waals surface area contributed by atoms with Crippen LogP contribution in [0.25, 0.3) is 0 Å². The van der Waals surface area contributed by atoms with Crippen LogP contribution < -0.4 is 10.7 Å². The van der Waals surface area contributed by atoms with Crippen molar-refractivity contribution < 1.29 is 24.0 Å². The molecule has 0 aromatic carbocycles. The highest BCUT2D eigenvalue weighted by atomic mass is 19.1. The van der Waals surface area contributed by atoms with Gasteiger partial charge in [0.2, 0.25) is 18.2 Å². The molecule has 1 saturated carbocycles. The molecule has 0 spiro atoms. The number of hydrazine groups is 1. The number of nitrogens with zero attached hydrogens (tertiary/aromatic N) is 4. The van der Waals surface area contributed by atoms with Crippen LogP contribution >= 0.6 is 0 Å². The van der Waals surface area contributed by atoms with Crippen molar-refractivity contribution in [2.45, 2.75) is 45.1 Å². The first-order valence-electron chi connectivity index (χ1n) is 10.2. The maximum Gasteiger partial charge on any atom is 0.250 e. The molecule has 1 aliphatic heterocycles. The molecule has 2 aliphatic rings. The van der Waals surface area contributed by atoms with E-state index in [4.69, 9.17) is 0 Å². The molecule has 30 heavy (non-hydrogen) atoms. The van der Waals surface area contributed by atoms with E-state index in [0.29, 0.717) is 23.9 Å². The summed E-state index contributed by atoms with van der Waals surface area (Å²) in [7, 11) is 0. The third kappa shape index (κ3) is 4.90. The van der Waals surface area contributed by atoms with Gasteiger partial charge in [0, 0.05) is 6.54 Å². The van der Waals surface area contributed by atoms with E-state index in [9.17, 15) is 24.0 Å². The van der Waals surface area contributed by atoms with Gasteiger partial charge in [-0.2, -0.15) is 0 Å². The molecule has 0 radical (unpaired) electrons. The molecule has 2 heterocycles. The molecular weight excluding hydrogens is 395 g/mol. The lowest BCUT2D eigenvalue weighted by molar-refractivity contribution is -0.161. The van der Waals surface area contributed by atoms with Crippen LogP contribution in [0, 0.1) is 23.6 Å². The Kier molecular flexibility index (Phi) is 7.27. The van der Waals surface area contributed by atoms with Crippen molar-refractivity contribution in [2.24, 2.45) is 17.8 Å². The standard InChI is InChI=1S/C19H27FN6O4/c1-12(13-4-2-3-5-13)14(9-25(30)11-27)19(29)26-16(6-7-23-26)18(28)24-17-15(20)8-21-10-22-17/h8,10-14,16,23,30H,2-7,9H2,1H3,(H,21,22,24,28)/t12-,14-,16-/m0/s1. The zero-order chi connectivity index (χ0) is 21.7. The average Bonchev–Trinajstić information content (AvgIpc) is 3.44. The van der Waals surface area contributed by atoms with Crippen LogP contribution in [0.2, 0.25) is 0 Å². The highest BCUT2D eigenvalue weighted by Crippen LogP contribution is 2.36. The summed E-state index contributed by atoms with van der Waals surface area (Å²) in [6.45, 7) is 2.17. The predicted molar refractivity (Wildman–Crippen MR) is 103 cm³/mol. The molecule has 3 amide bonds. The quantitative estimate of drug-likeness (QED) is 0.323. The second-order valence-corrected chi connectivity index (χ2v) is 7.87. The largest absolute Gasteiger partial charge is 0.306 e. The third-order valence-electron chi connectivity index (χ3n) is 6.06. The minimum Gasteiger partial charge on any atom is -0.306 e. The molecule has 1 aliphatic carbocycles. The fraction of sp³-hybridized carbons (Fsp3) is 0.632. The first kappa shape index (κ1) is 22.0. The summed E-state index contributed by atoms with van der Waals surface area (Å²) in [6.07, 6.45) is 6.81. The van der Waals surface area contributed by atoms with Gasteiger partial charge in [-0.1, -0.05) is 32.6 Å². The first-order chi connectivity index (χ1) is 14.4. The lowest BCUT2D eigenvalue weighted by Gasteiger charge is -2.33. The summed E-state index contributed by atoms with van der Waals surface area (Å²) in [6, 6.07) is -0.867. The number of anilines is 1. The lowest BCUT2D eigenvalue weighted by atomic mass is 9.81. The van der Waals surface area contributed by atoms with Crippen molar-refractivity contribution >= 4 is 24.0 Å². The van der Waals surface area contributed by atoms with Gasteiger partial charge in [-0.25, -0.2) is 24.8 Å². The second-order valence-electron chi connectivity index (χ2n) is 7.87. The van der Waals surface area contributed by atoms with E-state index in [1.807, 2.05) is 6.92 Å². The van der Waals surface area contributed by atoms with E-state index in [0.717, 1.165) is 38.2 Å². The van der Waals surface area contributed by atoms with Crippen LogP contribution in [-0.4, -0.2) is 62.6 Å². The molecule has 1 saturated heterocycles. The summed E-state index contributed by atoms with van der Waals surface area (Å²) in [5, 5.41) is 13.9. The van der Waals surface area contributed by atoms with Gasteiger partial charge in [-0.05, 0) is 18.3 Å². The summed E-state index contributed by atoms with van der Waals surface area (Å²) in [4.78, 5) is 44.3. The van der Waals surface area contributed by atoms with Crippen molar-refractivity contribution in [1.82, 2.24) is 25.5 Å². The Labute approximate surface area is 173 Å². The van der Waals surface area contributed by atoms with Crippen molar-refractivity contribution in [3.8, 4) is 0 Å². The van der Waals surface area contributed by atoms with Gasteiger partial charge in [0.1, 0.15) is 12.4 Å². The summed E-state index contributed by atoms with van der Waals surface area (Å²) >= 11 is 0. The average molecular weight is 422 g/mol. The number of carbonyl (C=O) groups is 3. The number of hydrogen-bond acceptors (Lipinski definition) is 7. The summed E-state index contributed by atoms with van der Waals surface area (Å²) < 4.78 is 13.8. The lowest BCUT2D eigenvalue weighted by Crippen LogP contribution is -2.53. The summed E-state index contributed by atoms with van der Waals surface area (Å²) in [5.74, 6) is -2.44. The molecule has 0 unspecified atom stereocenters. The molecule has 10 nitrogen and oxygen atoms in total. The monoisotopic (exact) mass is 422 g/mol. The van der Waals surface area contributed by atoms with Crippen LogP contribution in [0.1, 0.15) is 39.0 Å². The van der Waals surface area contributed by atoms with Crippen LogP contribution in [0.3, 0.4) is 0 Å². The number of carbonyl (C=O) groups excluding carboxylic acids is 3. The number of hydroxylamine groups is 2. The number of hydrogen-bond donors (Lipinski definition) is 3. The maximum absolute atomic E-state index is 13.8. The highest BCUT2D eigenvalue weighted by molar-refractivity contribution is 5.97. The normalized spacial score (nSPS) is 21.3. The number of halogens is 1. The molecule has 0 bridgehead atoms. The SMILES string of the molecule is C[C@@H](C1CCCC1)[C@H](CN(O)C=O)C(=O)N1NCC[C@H]1C(=O)Nc1ncncc1F. The Balaban J connectivity index is 1.75. The number of aromatic nitrogens is 2. The Morgan fingerprint density at radius 1 is 1.43 bits per heavy atom. The topological polar surface area (TPSA) is 128 Å². The molecule has 3 atom stereocenters. The first-order valence-corrected chi connectivity index (χ1v) is 10.2. The molecule has 164 valence electrons. The van der Waals surface area contributed by atoms with Crippen molar-refractivity contribution in [3.63, 3.8) is 0 Å². The van der Waals surface area contributed by atoms with Crippen molar-refractivity contribution in [1.29, 1.82) is 0 Å². The molecular formula is C19H27FN6O4. The van der Waals surface area contributed by atoms with Crippen LogP contribution in [0.4, 0.5) is 10.2 Å². The number of rotatable bonds is 8. The Hall–Kier alpha value is -2.66. The van der Waals surface area contributed by atoms with Crippen LogP contribution in [-0.2, 0) is 14.4 Å². The number of nitrogens with one attached hydrogen (secondary N) is 2. The Bertz CT molecular complexity index is 775. The minimum absolute atomic E-state index is 0.0833. The Morgan fingerprint density at radius 2 is 2.17 bits per heavy atom. The fourth-order valence-corrected chi connectivity index (χ4v) is 4.35. The predicted octanol–water partition coefficient (Wildman–Crippen LogP) is 0.950. The van der Waals surface area contributed by atoms with Gasteiger partial charge in [0.05, 0.1) is 18.7 Å². The third-order valence-corrected chi connectivity index (χ3v) is 6.06. The smallest absolute Gasteiger partial charge is 0.250 e. The molecule has 1 aromatic rings. The molecule has 3 N–H and O–H groups in total. The van der Waals surface area contributed by atoms with Gasteiger partial charge in [-0.15, -0.1) is 0 Å². The fourth-order valence-electron chi connectivity index (χ4n) is 4.35. The van der Waals surface area contributed by atoms with E-state index in [1.165, 1.54) is 5.01 Å².